The summed E-state index contributed by atoms with van der Waals surface area (Å²) in [6, 6.07) is 4.10. The SMILES string of the molecule is CC(C)(C)[C@H]1OCC[C@@H]1c1nnc([C@@H]2C[C@@H]2c2cccnc2)o1. The van der Waals surface area contributed by atoms with Crippen LogP contribution in [-0.4, -0.2) is 27.9 Å². The Balaban J connectivity index is 1.50. The maximum absolute atomic E-state index is 6.05. The van der Waals surface area contributed by atoms with Crippen molar-refractivity contribution in [2.24, 2.45) is 5.41 Å². The Morgan fingerprint density at radius 1 is 1.09 bits per heavy atom. The number of pyridine rings is 1. The normalized spacial score (nSPS) is 30.6. The van der Waals surface area contributed by atoms with Crippen LogP contribution >= 0.6 is 0 Å². The molecule has 2 aromatic heterocycles. The molecule has 23 heavy (non-hydrogen) atoms. The van der Waals surface area contributed by atoms with Crippen LogP contribution in [0.2, 0.25) is 0 Å². The lowest BCUT2D eigenvalue weighted by molar-refractivity contribution is 0.0170. The zero-order chi connectivity index (χ0) is 16.0. The van der Waals surface area contributed by atoms with Crippen molar-refractivity contribution in [1.29, 1.82) is 0 Å². The van der Waals surface area contributed by atoms with E-state index in [4.69, 9.17) is 9.15 Å². The van der Waals surface area contributed by atoms with Crippen molar-refractivity contribution in [2.75, 3.05) is 6.61 Å². The minimum atomic E-state index is 0.0770. The van der Waals surface area contributed by atoms with Crippen LogP contribution in [0.15, 0.2) is 28.9 Å². The standard InChI is InChI=1S/C18H23N3O2/c1-18(2,3)15-12(6-8-22-15)16-20-21-17(23-16)14-9-13(14)11-5-4-7-19-10-11/h4-5,7,10,12-15H,6,8-9H2,1-3H3/t12-,13+,14+,15-/m0/s1. The minimum Gasteiger partial charge on any atom is -0.425 e. The average Bonchev–Trinajstić information content (AvgIpc) is 2.97. The molecule has 0 N–H and O–H groups in total. The van der Waals surface area contributed by atoms with Crippen molar-refractivity contribution >= 4 is 0 Å². The molecule has 4 atom stereocenters. The maximum Gasteiger partial charge on any atom is 0.222 e. The molecule has 2 aliphatic rings. The van der Waals surface area contributed by atoms with Crippen molar-refractivity contribution in [1.82, 2.24) is 15.2 Å². The number of aromatic nitrogens is 3. The number of rotatable bonds is 3. The molecule has 0 aromatic carbocycles. The van der Waals surface area contributed by atoms with Gasteiger partial charge in [-0.1, -0.05) is 26.8 Å². The smallest absolute Gasteiger partial charge is 0.222 e. The van der Waals surface area contributed by atoms with Gasteiger partial charge in [-0.15, -0.1) is 10.2 Å². The van der Waals surface area contributed by atoms with Crippen molar-refractivity contribution in [3.8, 4) is 0 Å². The second-order valence-electron chi connectivity index (χ2n) is 7.77. The topological polar surface area (TPSA) is 61.0 Å². The Morgan fingerprint density at radius 3 is 2.57 bits per heavy atom. The lowest BCUT2D eigenvalue weighted by Gasteiger charge is -2.29. The van der Waals surface area contributed by atoms with Gasteiger partial charge < -0.3 is 9.15 Å². The second-order valence-corrected chi connectivity index (χ2v) is 7.77. The third-order valence-electron chi connectivity index (χ3n) is 4.94. The fraction of sp³-hybridized carbons (Fsp3) is 0.611. The van der Waals surface area contributed by atoms with Crippen LogP contribution in [0.4, 0.5) is 0 Å². The van der Waals surface area contributed by atoms with Crippen LogP contribution in [0, 0.1) is 5.41 Å². The summed E-state index contributed by atoms with van der Waals surface area (Å²) >= 11 is 0. The molecular formula is C18H23N3O2. The summed E-state index contributed by atoms with van der Waals surface area (Å²) in [7, 11) is 0. The van der Waals surface area contributed by atoms with E-state index in [9.17, 15) is 0 Å². The fourth-order valence-corrected chi connectivity index (χ4v) is 3.67. The molecule has 0 amide bonds. The van der Waals surface area contributed by atoms with Crippen LogP contribution in [0.3, 0.4) is 0 Å². The van der Waals surface area contributed by atoms with Crippen LogP contribution in [-0.2, 0) is 4.74 Å². The first-order valence-corrected chi connectivity index (χ1v) is 8.39. The van der Waals surface area contributed by atoms with E-state index in [2.05, 4.69) is 42.0 Å². The van der Waals surface area contributed by atoms with Gasteiger partial charge in [0.1, 0.15) is 0 Å². The summed E-state index contributed by atoms with van der Waals surface area (Å²) in [5, 5.41) is 8.66. The Morgan fingerprint density at radius 2 is 1.87 bits per heavy atom. The molecule has 5 nitrogen and oxygen atoms in total. The second kappa shape index (κ2) is 5.41. The first kappa shape index (κ1) is 14.8. The molecule has 0 spiro atoms. The summed E-state index contributed by atoms with van der Waals surface area (Å²) in [4.78, 5) is 4.20. The molecule has 0 unspecified atom stereocenters. The molecule has 0 bridgehead atoms. The number of hydrogen-bond donors (Lipinski definition) is 0. The molecule has 4 rings (SSSR count). The molecule has 1 saturated carbocycles. The van der Waals surface area contributed by atoms with Gasteiger partial charge in [0.15, 0.2) is 0 Å². The van der Waals surface area contributed by atoms with Crippen molar-refractivity contribution in [3.63, 3.8) is 0 Å². The molecule has 2 aromatic rings. The highest BCUT2D eigenvalue weighted by molar-refractivity contribution is 5.28. The molecule has 122 valence electrons. The molecule has 1 aliphatic heterocycles. The first-order chi connectivity index (χ1) is 11.0. The maximum atomic E-state index is 6.05. The van der Waals surface area contributed by atoms with Crippen LogP contribution in [0.25, 0.3) is 0 Å². The first-order valence-electron chi connectivity index (χ1n) is 8.39. The van der Waals surface area contributed by atoms with E-state index in [1.54, 1.807) is 6.20 Å². The predicted molar refractivity (Wildman–Crippen MR) is 85.2 cm³/mol. The molecular weight excluding hydrogens is 290 g/mol. The summed E-state index contributed by atoms with van der Waals surface area (Å²) in [6.07, 6.45) is 5.90. The van der Waals surface area contributed by atoms with Gasteiger partial charge >= 0.3 is 0 Å². The highest BCUT2D eigenvalue weighted by atomic mass is 16.5. The third kappa shape index (κ3) is 2.78. The molecule has 1 aliphatic carbocycles. The zero-order valence-corrected chi connectivity index (χ0v) is 13.9. The van der Waals surface area contributed by atoms with E-state index in [0.717, 1.165) is 31.2 Å². The number of nitrogens with zero attached hydrogens (tertiary/aromatic N) is 3. The predicted octanol–water partition coefficient (Wildman–Crippen LogP) is 3.65. The molecule has 1 saturated heterocycles. The summed E-state index contributed by atoms with van der Waals surface area (Å²) in [5.74, 6) is 2.54. The Labute approximate surface area is 136 Å². The van der Waals surface area contributed by atoms with Crippen molar-refractivity contribution in [2.45, 2.75) is 57.5 Å². The van der Waals surface area contributed by atoms with Crippen LogP contribution in [0.5, 0.6) is 0 Å². The van der Waals surface area contributed by atoms with Crippen LogP contribution < -0.4 is 0 Å². The van der Waals surface area contributed by atoms with Crippen LogP contribution in [0.1, 0.15) is 68.7 Å². The molecule has 3 heterocycles. The van der Waals surface area contributed by atoms with Gasteiger partial charge in [-0.25, -0.2) is 0 Å². The fourth-order valence-electron chi connectivity index (χ4n) is 3.67. The van der Waals surface area contributed by atoms with E-state index < -0.39 is 0 Å². The third-order valence-corrected chi connectivity index (χ3v) is 4.94. The van der Waals surface area contributed by atoms with Gasteiger partial charge in [0.05, 0.1) is 12.0 Å². The van der Waals surface area contributed by atoms with E-state index in [-0.39, 0.29) is 17.4 Å². The summed E-state index contributed by atoms with van der Waals surface area (Å²) < 4.78 is 12.0. The van der Waals surface area contributed by atoms with E-state index in [1.807, 2.05) is 12.3 Å². The van der Waals surface area contributed by atoms with Gasteiger partial charge in [-0.3, -0.25) is 4.98 Å². The molecule has 5 heteroatoms. The lowest BCUT2D eigenvalue weighted by Crippen LogP contribution is -2.30. The number of ether oxygens (including phenoxy) is 1. The average molecular weight is 313 g/mol. The highest BCUT2D eigenvalue weighted by Crippen LogP contribution is 2.54. The van der Waals surface area contributed by atoms with Gasteiger partial charge in [0.2, 0.25) is 11.8 Å². The van der Waals surface area contributed by atoms with E-state index in [0.29, 0.717) is 11.8 Å². The van der Waals surface area contributed by atoms with Crippen molar-refractivity contribution < 1.29 is 9.15 Å². The molecule has 0 radical (unpaired) electrons. The number of hydrogen-bond acceptors (Lipinski definition) is 5. The Kier molecular flexibility index (Phi) is 3.48. The summed E-state index contributed by atoms with van der Waals surface area (Å²) in [5.41, 5.74) is 1.34. The minimum absolute atomic E-state index is 0.0770. The quantitative estimate of drug-likeness (QED) is 0.865. The largest absolute Gasteiger partial charge is 0.425 e. The molecule has 2 fully saturated rings. The Bertz CT molecular complexity index is 677. The monoisotopic (exact) mass is 313 g/mol. The Hall–Kier alpha value is -1.75. The van der Waals surface area contributed by atoms with Gasteiger partial charge in [0, 0.05) is 24.9 Å². The van der Waals surface area contributed by atoms with Gasteiger partial charge in [-0.05, 0) is 35.8 Å². The van der Waals surface area contributed by atoms with Crippen molar-refractivity contribution in [3.05, 3.63) is 41.9 Å². The van der Waals surface area contributed by atoms with Gasteiger partial charge in [0.25, 0.3) is 0 Å². The summed E-state index contributed by atoms with van der Waals surface area (Å²) in [6.45, 7) is 7.37. The van der Waals surface area contributed by atoms with E-state index in [1.165, 1.54) is 5.56 Å². The zero-order valence-electron chi connectivity index (χ0n) is 13.9. The highest BCUT2D eigenvalue weighted by Gasteiger charge is 2.45. The van der Waals surface area contributed by atoms with Gasteiger partial charge in [-0.2, -0.15) is 0 Å². The lowest BCUT2D eigenvalue weighted by atomic mass is 9.81. The van der Waals surface area contributed by atoms with E-state index >= 15 is 0 Å².